The third-order valence-electron chi connectivity index (χ3n) is 8.48. The van der Waals surface area contributed by atoms with E-state index in [0.717, 1.165) is 45.4 Å². The molecule has 3 fully saturated rings. The van der Waals surface area contributed by atoms with Crippen LogP contribution < -0.4 is 21.3 Å². The number of aliphatic hydroxyl groups is 3. The number of alkyl halides is 2. The lowest BCUT2D eigenvalue weighted by molar-refractivity contribution is -0.126. The fraction of sp³-hybridized carbons (Fsp3) is 0.926. The molecule has 0 aromatic heterocycles. The summed E-state index contributed by atoms with van der Waals surface area (Å²) in [5.41, 5.74) is -1.50. The number of amides is 2. The minimum absolute atomic E-state index is 0.0419. The monoisotopic (exact) mass is 593 g/mol. The summed E-state index contributed by atoms with van der Waals surface area (Å²) in [5, 5.41) is 39.9. The van der Waals surface area contributed by atoms with Gasteiger partial charge >= 0.3 is 0 Å². The van der Waals surface area contributed by atoms with Crippen LogP contribution >= 0.6 is 11.6 Å². The van der Waals surface area contributed by atoms with E-state index in [1.807, 2.05) is 0 Å². The van der Waals surface area contributed by atoms with Gasteiger partial charge in [0, 0.05) is 58.6 Å². The highest BCUT2D eigenvalue weighted by Crippen LogP contribution is 2.31. The highest BCUT2D eigenvalue weighted by molar-refractivity contribution is 6.21. The Kier molecular flexibility index (Phi) is 14.3. The first-order valence-corrected chi connectivity index (χ1v) is 15.2. The number of ether oxygens (including phenoxy) is 1. The van der Waals surface area contributed by atoms with Gasteiger partial charge in [0.2, 0.25) is 11.8 Å². The van der Waals surface area contributed by atoms with Crippen molar-refractivity contribution in [3.05, 3.63) is 0 Å². The number of carbonyl (C=O) groups is 2. The van der Waals surface area contributed by atoms with E-state index in [-0.39, 0.29) is 49.0 Å². The smallest absolute Gasteiger partial charge is 0.222 e. The minimum atomic E-state index is -1.50. The van der Waals surface area contributed by atoms with Crippen LogP contribution in [0.5, 0.6) is 0 Å². The molecule has 0 spiro atoms. The van der Waals surface area contributed by atoms with Crippen molar-refractivity contribution < 1.29 is 34.0 Å². The van der Waals surface area contributed by atoms with Crippen LogP contribution in [0.1, 0.15) is 57.8 Å². The predicted octanol–water partition coefficient (Wildman–Crippen LogP) is -0.186. The van der Waals surface area contributed by atoms with E-state index in [1.54, 1.807) is 0 Å². The van der Waals surface area contributed by atoms with Crippen molar-refractivity contribution in [2.24, 2.45) is 11.8 Å². The number of hydrogen-bond donors (Lipinski definition) is 7. The Morgan fingerprint density at radius 3 is 2.33 bits per heavy atom. The Morgan fingerprint density at radius 1 is 1.02 bits per heavy atom. The fourth-order valence-electron chi connectivity index (χ4n) is 5.78. The van der Waals surface area contributed by atoms with E-state index in [9.17, 15) is 29.3 Å². The second-order valence-electron chi connectivity index (χ2n) is 11.6. The van der Waals surface area contributed by atoms with Crippen molar-refractivity contribution in [2.75, 3.05) is 59.2 Å². The lowest BCUT2D eigenvalue weighted by atomic mass is 9.83. The molecule has 232 valence electrons. The highest BCUT2D eigenvalue weighted by Gasteiger charge is 2.33. The molecule has 3 unspecified atom stereocenters. The van der Waals surface area contributed by atoms with Gasteiger partial charge in [-0.2, -0.15) is 0 Å². The van der Waals surface area contributed by atoms with Crippen LogP contribution in [0.3, 0.4) is 0 Å². The number of likely N-dealkylation sites (tertiary alicyclic amines) is 1. The summed E-state index contributed by atoms with van der Waals surface area (Å²) in [6.07, 6.45) is 5.02. The lowest BCUT2D eigenvalue weighted by Gasteiger charge is -2.41. The summed E-state index contributed by atoms with van der Waals surface area (Å²) in [7, 11) is 0. The average molecular weight is 594 g/mol. The van der Waals surface area contributed by atoms with Gasteiger partial charge in [0.15, 0.2) is 0 Å². The maximum atomic E-state index is 14.8. The van der Waals surface area contributed by atoms with Crippen LogP contribution in [0.4, 0.5) is 4.39 Å². The zero-order valence-electron chi connectivity index (χ0n) is 23.5. The van der Waals surface area contributed by atoms with E-state index in [0.29, 0.717) is 25.4 Å². The van der Waals surface area contributed by atoms with Gasteiger partial charge in [-0.3, -0.25) is 25.1 Å². The molecular formula is C27H49ClFN5O6. The molecule has 13 heteroatoms. The third-order valence-corrected chi connectivity index (χ3v) is 8.79. The van der Waals surface area contributed by atoms with Crippen molar-refractivity contribution >= 4 is 23.4 Å². The second kappa shape index (κ2) is 17.1. The van der Waals surface area contributed by atoms with Gasteiger partial charge in [0.05, 0.1) is 31.3 Å². The van der Waals surface area contributed by atoms with Crippen LogP contribution in [0, 0.1) is 11.8 Å². The number of carbonyl (C=O) groups excluding carboxylic acids is 2. The predicted molar refractivity (Wildman–Crippen MR) is 149 cm³/mol. The van der Waals surface area contributed by atoms with Crippen molar-refractivity contribution in [1.29, 1.82) is 0 Å². The van der Waals surface area contributed by atoms with Gasteiger partial charge in [-0.05, 0) is 50.4 Å². The van der Waals surface area contributed by atoms with Crippen LogP contribution in [-0.2, 0) is 14.3 Å². The molecule has 0 radical (unpaired) electrons. The van der Waals surface area contributed by atoms with Crippen LogP contribution in [-0.4, -0.2) is 121 Å². The number of rotatable bonds is 15. The van der Waals surface area contributed by atoms with Crippen molar-refractivity contribution in [3.63, 3.8) is 0 Å². The summed E-state index contributed by atoms with van der Waals surface area (Å²) >= 11 is 6.14. The van der Waals surface area contributed by atoms with Crippen LogP contribution in [0.2, 0.25) is 0 Å². The summed E-state index contributed by atoms with van der Waals surface area (Å²) in [6.45, 7) is 2.62. The zero-order chi connectivity index (χ0) is 29.0. The zero-order valence-corrected chi connectivity index (χ0v) is 24.2. The summed E-state index contributed by atoms with van der Waals surface area (Å²) in [5.74, 6) is -0.515. The Hall–Kier alpha value is -1.12. The maximum absolute atomic E-state index is 14.8. The number of piperidine rings is 1. The standard InChI is InChI=1S/C27H49ClFN5O6/c28-21-14-31-26(32-15-21)34-9-6-19(7-10-34)2-1-11-40-22-4-3-20(23(29)13-22)12-25(39)30-8-5-24(38)33-27(16-35,17-36)18-37/h19-23,26,31-32,35-37H,1-18H2,(H,30,39)(H,33,38). The van der Waals surface area contributed by atoms with Gasteiger partial charge in [0.1, 0.15) is 18.0 Å². The SMILES string of the molecule is O=C(CC1CCC(OCCCC2CCN(C3NCC(Cl)CN3)CC2)CC1F)NCCC(=O)NC(CO)(CO)CO. The Balaban J connectivity index is 1.22. The van der Waals surface area contributed by atoms with E-state index in [2.05, 4.69) is 26.2 Å². The maximum Gasteiger partial charge on any atom is 0.222 e. The lowest BCUT2D eigenvalue weighted by Crippen LogP contribution is -2.62. The molecule has 11 nitrogen and oxygen atoms in total. The molecule has 2 saturated heterocycles. The Morgan fingerprint density at radius 2 is 1.70 bits per heavy atom. The Labute approximate surface area is 241 Å². The van der Waals surface area contributed by atoms with Crippen LogP contribution in [0.15, 0.2) is 0 Å². The first-order valence-electron chi connectivity index (χ1n) is 14.8. The molecule has 1 saturated carbocycles. The van der Waals surface area contributed by atoms with Crippen molar-refractivity contribution in [3.8, 4) is 0 Å². The first-order chi connectivity index (χ1) is 19.3. The van der Waals surface area contributed by atoms with Crippen molar-refractivity contribution in [1.82, 2.24) is 26.2 Å². The first kappa shape index (κ1) is 33.4. The molecule has 3 aliphatic rings. The van der Waals surface area contributed by atoms with Crippen LogP contribution in [0.25, 0.3) is 0 Å². The van der Waals surface area contributed by atoms with E-state index >= 15 is 0 Å². The average Bonchev–Trinajstić information content (AvgIpc) is 2.96. The topological polar surface area (TPSA) is 155 Å². The van der Waals surface area contributed by atoms with Gasteiger partial charge in [-0.1, -0.05) is 0 Å². The van der Waals surface area contributed by atoms with E-state index in [1.165, 1.54) is 12.8 Å². The third kappa shape index (κ3) is 10.6. The quantitative estimate of drug-likeness (QED) is 0.101. The molecule has 0 aromatic carbocycles. The molecular weight excluding hydrogens is 545 g/mol. The van der Waals surface area contributed by atoms with E-state index in [4.69, 9.17) is 16.3 Å². The molecule has 3 atom stereocenters. The van der Waals surface area contributed by atoms with E-state index < -0.39 is 37.4 Å². The molecule has 0 bridgehead atoms. The van der Waals surface area contributed by atoms with Gasteiger partial charge in [-0.15, -0.1) is 11.6 Å². The largest absolute Gasteiger partial charge is 0.394 e. The molecule has 3 rings (SSSR count). The normalized spacial score (nSPS) is 28.8. The van der Waals surface area contributed by atoms with Gasteiger partial charge in [0.25, 0.3) is 0 Å². The number of nitrogens with one attached hydrogen (secondary N) is 4. The Bertz CT molecular complexity index is 757. The molecule has 2 heterocycles. The molecule has 1 aliphatic carbocycles. The number of aliphatic hydroxyl groups excluding tert-OH is 3. The van der Waals surface area contributed by atoms with Gasteiger partial charge in [-0.25, -0.2) is 4.39 Å². The molecule has 7 N–H and O–H groups in total. The molecule has 0 aromatic rings. The summed E-state index contributed by atoms with van der Waals surface area (Å²) in [6, 6.07) is 0. The number of halogens is 2. The number of hydrogen-bond acceptors (Lipinski definition) is 9. The molecule has 2 amide bonds. The minimum Gasteiger partial charge on any atom is -0.394 e. The second-order valence-corrected chi connectivity index (χ2v) is 12.2. The summed E-state index contributed by atoms with van der Waals surface area (Å²) < 4.78 is 20.8. The molecule has 2 aliphatic heterocycles. The highest BCUT2D eigenvalue weighted by atomic mass is 35.5. The summed E-state index contributed by atoms with van der Waals surface area (Å²) in [4.78, 5) is 26.7. The van der Waals surface area contributed by atoms with Gasteiger partial charge < -0.3 is 30.7 Å². The number of nitrogens with zero attached hydrogens (tertiary/aromatic N) is 1. The molecule has 40 heavy (non-hydrogen) atoms. The fourth-order valence-corrected chi connectivity index (χ4v) is 5.96. The van der Waals surface area contributed by atoms with Crippen molar-refractivity contribution in [2.45, 2.75) is 87.3 Å².